The molecule has 0 aliphatic heterocycles. The summed E-state index contributed by atoms with van der Waals surface area (Å²) in [5, 5.41) is 0. The molecule has 0 aromatic heterocycles. The van der Waals surface area contributed by atoms with E-state index < -0.39 is 44.1 Å². The normalized spacial score (nSPS) is 10.9. The van der Waals surface area contributed by atoms with Crippen molar-refractivity contribution in [2.24, 2.45) is 0 Å². The van der Waals surface area contributed by atoms with Gasteiger partial charge in [-0.2, -0.15) is 0 Å². The van der Waals surface area contributed by atoms with Gasteiger partial charge in [-0.1, -0.05) is 0 Å². The van der Waals surface area contributed by atoms with Crippen LogP contribution >= 0.6 is 40.7 Å². The summed E-state index contributed by atoms with van der Waals surface area (Å²) in [7, 11) is -4.58. The number of halogens is 7. The van der Waals surface area contributed by atoms with Gasteiger partial charge in [-0.3, -0.25) is 0 Å². The van der Waals surface area contributed by atoms with Crippen molar-refractivity contribution in [3.63, 3.8) is 0 Å². The van der Waals surface area contributed by atoms with Crippen LogP contribution in [0.5, 0.6) is 0 Å². The van der Waals surface area contributed by atoms with Gasteiger partial charge in [0.15, 0.2) is 23.3 Å². The van der Waals surface area contributed by atoms with Crippen LogP contribution in [0.4, 0.5) is 22.0 Å². The molecule has 0 heterocycles. The van der Waals surface area contributed by atoms with E-state index in [0.717, 1.165) is 0 Å². The molecule has 0 amide bonds. The molecule has 0 bridgehead atoms. The first-order valence-corrected chi connectivity index (χ1v) is 11.9. The van der Waals surface area contributed by atoms with E-state index in [1.165, 1.54) is 8.46 Å². The topological polar surface area (TPSA) is 57.2 Å². The quantitative estimate of drug-likeness (QED) is 0.133. The average molecular weight is 557 g/mol. The van der Waals surface area contributed by atoms with Crippen LogP contribution in [0.2, 0.25) is 0 Å². The summed E-state index contributed by atoms with van der Waals surface area (Å²) in [6.07, 6.45) is 0. The predicted molar refractivity (Wildman–Crippen MR) is 62.2 cm³/mol. The molecular formula is C6F5FeI2O3S. The Morgan fingerprint density at radius 1 is 0.833 bits per heavy atom. The van der Waals surface area contributed by atoms with Gasteiger partial charge in [0.1, 0.15) is 15.0 Å². The number of hydrogen-bond acceptors (Lipinski definition) is 3. The SMILES string of the molecule is O=S(=O)([O-])c1c(F)c(F)c(F)c(F)c1F.[I][Fe+][I]. The number of benzene rings is 1. The summed E-state index contributed by atoms with van der Waals surface area (Å²) >= 11 is 4.55. The fourth-order valence-corrected chi connectivity index (χ4v) is 1.42. The Morgan fingerprint density at radius 2 is 1.06 bits per heavy atom. The Morgan fingerprint density at radius 3 is 1.28 bits per heavy atom. The molecule has 12 heteroatoms. The van der Waals surface area contributed by atoms with Crippen LogP contribution in [0, 0.1) is 29.1 Å². The van der Waals surface area contributed by atoms with Crippen molar-refractivity contribution in [3.05, 3.63) is 29.1 Å². The van der Waals surface area contributed by atoms with Gasteiger partial charge in [0.2, 0.25) is 5.82 Å². The molecule has 1 aromatic rings. The van der Waals surface area contributed by atoms with Crippen LogP contribution in [0.1, 0.15) is 0 Å². The molecule has 0 unspecified atom stereocenters. The van der Waals surface area contributed by atoms with Crippen LogP contribution in [-0.4, -0.2) is 13.0 Å². The molecule has 105 valence electrons. The van der Waals surface area contributed by atoms with Crippen LogP contribution in [-0.2, 0) is 18.6 Å². The van der Waals surface area contributed by atoms with Gasteiger partial charge in [-0.15, -0.1) is 0 Å². The molecular weight excluding hydrogens is 557 g/mol. The van der Waals surface area contributed by atoms with Crippen LogP contribution in [0.15, 0.2) is 4.90 Å². The Bertz CT molecular complexity index is 524. The van der Waals surface area contributed by atoms with E-state index in [0.29, 0.717) is 0 Å². The zero-order chi connectivity index (χ0) is 14.7. The van der Waals surface area contributed by atoms with Gasteiger partial charge >= 0.3 is 49.1 Å². The molecule has 0 aliphatic rings. The van der Waals surface area contributed by atoms with Gasteiger partial charge in [0, 0.05) is 0 Å². The van der Waals surface area contributed by atoms with Crippen molar-refractivity contribution in [1.82, 2.24) is 0 Å². The zero-order valence-electron chi connectivity index (χ0n) is 7.63. The van der Waals surface area contributed by atoms with E-state index in [1.807, 2.05) is 0 Å². The Kier molecular flexibility index (Phi) is 7.83. The van der Waals surface area contributed by atoms with E-state index >= 15 is 0 Å². The molecule has 0 fully saturated rings. The van der Waals surface area contributed by atoms with Crippen molar-refractivity contribution in [2.45, 2.75) is 4.90 Å². The molecule has 0 spiro atoms. The second-order valence-electron chi connectivity index (χ2n) is 2.40. The molecule has 1 aromatic carbocycles. The first-order chi connectivity index (χ1) is 8.09. The van der Waals surface area contributed by atoms with Crippen molar-refractivity contribution in [3.8, 4) is 0 Å². The molecule has 18 heavy (non-hydrogen) atoms. The van der Waals surface area contributed by atoms with Gasteiger partial charge in [0.05, 0.1) is 0 Å². The van der Waals surface area contributed by atoms with E-state index in [9.17, 15) is 34.9 Å². The third-order valence-corrected chi connectivity index (χ3v) is 2.28. The van der Waals surface area contributed by atoms with Crippen LogP contribution < -0.4 is 0 Å². The van der Waals surface area contributed by atoms with Crippen LogP contribution in [0.3, 0.4) is 0 Å². The fraction of sp³-hybridized carbons (Fsp3) is 0. The standard InChI is InChI=1S/C6HF5O3S.Fe.2HI/c7-1-2(8)4(10)6(15(12,13)14)5(11)3(1)9;;;/h(H,12,13,14);;2*1H/q;+3;;/p-3. The third kappa shape index (κ3) is 4.40. The number of hydrogen-bond donors (Lipinski definition) is 0. The second-order valence-corrected chi connectivity index (χ2v) is 13.0. The summed E-state index contributed by atoms with van der Waals surface area (Å²) in [5.74, 6) is -12.8. The first-order valence-electron chi connectivity index (χ1n) is 3.42. The molecule has 0 saturated carbocycles. The summed E-state index contributed by atoms with van der Waals surface area (Å²) < 4.78 is 92.9. The summed E-state index contributed by atoms with van der Waals surface area (Å²) in [4.78, 5) is -2.38. The van der Waals surface area contributed by atoms with Crippen molar-refractivity contribution in [2.75, 3.05) is 0 Å². The minimum atomic E-state index is -5.77. The van der Waals surface area contributed by atoms with Gasteiger partial charge in [-0.05, 0) is 0 Å². The molecule has 1 rings (SSSR count). The number of rotatable bonds is 1. The summed E-state index contributed by atoms with van der Waals surface area (Å²) in [6.45, 7) is 0. The molecule has 0 N–H and O–H groups in total. The Hall–Kier alpha value is 0.759. The van der Waals surface area contributed by atoms with Crippen LogP contribution in [0.25, 0.3) is 0 Å². The molecule has 0 aliphatic carbocycles. The van der Waals surface area contributed by atoms with Gasteiger partial charge in [-0.25, -0.2) is 30.4 Å². The van der Waals surface area contributed by atoms with E-state index in [-0.39, 0.29) is 0 Å². The van der Waals surface area contributed by atoms with Gasteiger partial charge in [0.25, 0.3) is 0 Å². The summed E-state index contributed by atoms with van der Waals surface area (Å²) in [6, 6.07) is 0. The monoisotopic (exact) mass is 557 g/mol. The van der Waals surface area contributed by atoms with E-state index in [1.54, 1.807) is 0 Å². The Balaban J connectivity index is 0.000000873. The Labute approximate surface area is 127 Å². The molecule has 0 saturated heterocycles. The molecule has 0 radical (unpaired) electrons. The maximum atomic E-state index is 12.6. The third-order valence-electron chi connectivity index (χ3n) is 1.42. The molecule has 0 atom stereocenters. The zero-order valence-corrected chi connectivity index (χ0v) is 13.9. The van der Waals surface area contributed by atoms with E-state index in [2.05, 4.69) is 40.7 Å². The summed E-state index contributed by atoms with van der Waals surface area (Å²) in [5.41, 5.74) is 0. The maximum absolute atomic E-state index is 12.6. The first kappa shape index (κ1) is 18.8. The molecule has 3 nitrogen and oxygen atoms in total. The van der Waals surface area contributed by atoms with Crippen molar-refractivity contribution >= 4 is 50.8 Å². The van der Waals surface area contributed by atoms with Crippen molar-refractivity contribution in [1.29, 1.82) is 0 Å². The van der Waals surface area contributed by atoms with E-state index in [4.69, 9.17) is 0 Å². The second kappa shape index (κ2) is 7.52. The predicted octanol–water partition coefficient (Wildman–Crippen LogP) is 3.06. The van der Waals surface area contributed by atoms with Gasteiger partial charge < -0.3 is 4.55 Å². The minimum absolute atomic E-state index is 1.19. The fourth-order valence-electron chi connectivity index (χ4n) is 0.804. The average Bonchev–Trinajstić information content (AvgIpc) is 2.23. The van der Waals surface area contributed by atoms with Crippen molar-refractivity contribution < 1.29 is 43.4 Å².